The molecular weight excluding hydrogens is 336 g/mol. The first-order valence-electron chi connectivity index (χ1n) is 7.02. The van der Waals surface area contributed by atoms with Gasteiger partial charge in [0.05, 0.1) is 18.8 Å². The van der Waals surface area contributed by atoms with E-state index in [-0.39, 0.29) is 43.4 Å². The predicted molar refractivity (Wildman–Crippen MR) is 86.1 cm³/mol. The summed E-state index contributed by atoms with van der Waals surface area (Å²) in [5.41, 5.74) is -0.137. The highest BCUT2D eigenvalue weighted by atomic mass is 16.4. The van der Waals surface area contributed by atoms with Crippen LogP contribution < -0.4 is 10.6 Å². The lowest BCUT2D eigenvalue weighted by molar-refractivity contribution is -0.118. The maximum absolute atomic E-state index is 10.8. The third kappa shape index (κ3) is 11.1. The van der Waals surface area contributed by atoms with Crippen molar-refractivity contribution in [1.29, 1.82) is 0 Å². The number of carbonyl (C=O) groups is 3. The van der Waals surface area contributed by atoms with Gasteiger partial charge in [-0.1, -0.05) is 0 Å². The van der Waals surface area contributed by atoms with Crippen molar-refractivity contribution >= 4 is 17.8 Å². The van der Waals surface area contributed by atoms with E-state index in [0.717, 1.165) is 30.4 Å². The molecule has 0 radical (unpaired) electrons. The SMILES string of the molecule is O=C(/C=C\C(=O)NCCO)NCCO.O=C(O)c1cc(O)cc(O)c1. The van der Waals surface area contributed by atoms with Crippen LogP contribution in [0, 0.1) is 0 Å². The molecule has 0 unspecified atom stereocenters. The van der Waals surface area contributed by atoms with Crippen LogP contribution in [0.3, 0.4) is 0 Å². The van der Waals surface area contributed by atoms with E-state index in [0.29, 0.717) is 0 Å². The standard InChI is InChI=1S/C8H14N2O4.C7H6O4/c11-5-3-9-7(13)1-2-8(14)10-4-6-12;8-5-1-4(7(10)11)2-6(9)3-5/h1-2,11-12H,3-6H2,(H,9,13)(H,10,14);1-3,8-9H,(H,10,11)/b2-1-;. The molecule has 1 rings (SSSR count). The number of phenols is 2. The summed E-state index contributed by atoms with van der Waals surface area (Å²) in [6.07, 6.45) is 2.12. The van der Waals surface area contributed by atoms with E-state index in [1.165, 1.54) is 0 Å². The molecule has 1 aromatic rings. The smallest absolute Gasteiger partial charge is 0.335 e. The van der Waals surface area contributed by atoms with Crippen LogP contribution in [0.25, 0.3) is 0 Å². The summed E-state index contributed by atoms with van der Waals surface area (Å²) in [5, 5.41) is 47.5. The van der Waals surface area contributed by atoms with Crippen molar-refractivity contribution in [3.05, 3.63) is 35.9 Å². The summed E-state index contributed by atoms with van der Waals surface area (Å²) in [5.74, 6) is -2.60. The summed E-state index contributed by atoms with van der Waals surface area (Å²) in [4.78, 5) is 32.0. The number of benzene rings is 1. The Labute approximate surface area is 143 Å². The molecule has 0 fully saturated rings. The van der Waals surface area contributed by atoms with Gasteiger partial charge in [0.15, 0.2) is 0 Å². The largest absolute Gasteiger partial charge is 0.508 e. The first kappa shape index (κ1) is 21.9. The Kier molecular flexibility index (Phi) is 10.8. The fourth-order valence-electron chi connectivity index (χ4n) is 1.35. The van der Waals surface area contributed by atoms with Gasteiger partial charge >= 0.3 is 5.97 Å². The molecule has 0 saturated heterocycles. The third-order valence-electron chi connectivity index (χ3n) is 2.36. The van der Waals surface area contributed by atoms with Crippen molar-refractivity contribution in [3.8, 4) is 11.5 Å². The van der Waals surface area contributed by atoms with Gasteiger partial charge in [-0.3, -0.25) is 9.59 Å². The fraction of sp³-hybridized carbons (Fsp3) is 0.267. The number of hydrogen-bond acceptors (Lipinski definition) is 7. The minimum atomic E-state index is -1.18. The van der Waals surface area contributed by atoms with Crippen LogP contribution in [0.1, 0.15) is 10.4 Å². The van der Waals surface area contributed by atoms with Crippen LogP contribution in [0.4, 0.5) is 0 Å². The van der Waals surface area contributed by atoms with Crippen LogP contribution >= 0.6 is 0 Å². The van der Waals surface area contributed by atoms with E-state index in [9.17, 15) is 14.4 Å². The quantitative estimate of drug-likeness (QED) is 0.290. The molecule has 0 aliphatic carbocycles. The molecule has 1 aromatic carbocycles. The Morgan fingerprint density at radius 1 is 0.840 bits per heavy atom. The second-order valence-electron chi connectivity index (χ2n) is 4.41. The number of rotatable bonds is 7. The Balaban J connectivity index is 0.000000472. The summed E-state index contributed by atoms with van der Waals surface area (Å²) in [6.45, 7) is 0.0233. The first-order chi connectivity index (χ1) is 11.8. The molecule has 2 amide bonds. The van der Waals surface area contributed by atoms with Gasteiger partial charge in [-0.05, 0) is 12.1 Å². The van der Waals surface area contributed by atoms with E-state index in [1.807, 2.05) is 0 Å². The maximum Gasteiger partial charge on any atom is 0.335 e. The molecule has 10 nitrogen and oxygen atoms in total. The number of aliphatic hydroxyl groups excluding tert-OH is 2. The van der Waals surface area contributed by atoms with Crippen LogP contribution in [-0.2, 0) is 9.59 Å². The fourth-order valence-corrected chi connectivity index (χ4v) is 1.35. The molecule has 0 saturated carbocycles. The molecule has 0 spiro atoms. The molecule has 0 bridgehead atoms. The molecule has 0 atom stereocenters. The highest BCUT2D eigenvalue weighted by Crippen LogP contribution is 2.19. The van der Waals surface area contributed by atoms with Crippen LogP contribution in [0.5, 0.6) is 11.5 Å². The van der Waals surface area contributed by atoms with Crippen molar-refractivity contribution in [2.24, 2.45) is 0 Å². The summed E-state index contributed by atoms with van der Waals surface area (Å²) in [6, 6.07) is 3.18. The minimum Gasteiger partial charge on any atom is -0.508 e. The Morgan fingerprint density at radius 3 is 1.56 bits per heavy atom. The van der Waals surface area contributed by atoms with Gasteiger partial charge in [0, 0.05) is 31.3 Å². The Hall–Kier alpha value is -3.11. The van der Waals surface area contributed by atoms with Gasteiger partial charge < -0.3 is 36.2 Å². The molecule has 25 heavy (non-hydrogen) atoms. The lowest BCUT2D eigenvalue weighted by Crippen LogP contribution is -2.27. The lowest BCUT2D eigenvalue weighted by Gasteiger charge is -1.98. The van der Waals surface area contributed by atoms with Crippen LogP contribution in [0.15, 0.2) is 30.4 Å². The molecule has 138 valence electrons. The van der Waals surface area contributed by atoms with Crippen molar-refractivity contribution in [1.82, 2.24) is 10.6 Å². The van der Waals surface area contributed by atoms with E-state index < -0.39 is 17.8 Å². The molecule has 0 aromatic heterocycles. The van der Waals surface area contributed by atoms with E-state index >= 15 is 0 Å². The van der Waals surface area contributed by atoms with Gasteiger partial charge in [0.2, 0.25) is 11.8 Å². The molecule has 7 N–H and O–H groups in total. The number of aromatic hydroxyl groups is 2. The summed E-state index contributed by atoms with van der Waals surface area (Å²) in [7, 11) is 0. The van der Waals surface area contributed by atoms with Gasteiger partial charge in [-0.15, -0.1) is 0 Å². The predicted octanol–water partition coefficient (Wildman–Crippen LogP) is -1.44. The Bertz CT molecular complexity index is 573. The van der Waals surface area contributed by atoms with Gasteiger partial charge in [-0.2, -0.15) is 0 Å². The van der Waals surface area contributed by atoms with Crippen LogP contribution in [0.2, 0.25) is 0 Å². The monoisotopic (exact) mass is 356 g/mol. The molecular formula is C15H20N2O8. The number of nitrogens with one attached hydrogen (secondary N) is 2. The minimum absolute atomic E-state index is 0.137. The number of carboxylic acid groups (broad SMARTS) is 1. The van der Waals surface area contributed by atoms with Gasteiger partial charge in [-0.25, -0.2) is 4.79 Å². The highest BCUT2D eigenvalue weighted by Gasteiger charge is 2.04. The van der Waals surface area contributed by atoms with E-state index in [1.54, 1.807) is 0 Å². The molecule has 0 heterocycles. The first-order valence-corrected chi connectivity index (χ1v) is 7.02. The normalized spacial score (nSPS) is 9.84. The van der Waals surface area contributed by atoms with Crippen molar-refractivity contribution in [2.75, 3.05) is 26.3 Å². The van der Waals surface area contributed by atoms with Crippen molar-refractivity contribution in [3.63, 3.8) is 0 Å². The average molecular weight is 356 g/mol. The zero-order chi connectivity index (χ0) is 19.2. The lowest BCUT2D eigenvalue weighted by atomic mass is 10.2. The number of amides is 2. The second-order valence-corrected chi connectivity index (χ2v) is 4.41. The third-order valence-corrected chi connectivity index (χ3v) is 2.36. The maximum atomic E-state index is 10.8. The number of hydrogen-bond donors (Lipinski definition) is 7. The number of phenolic OH excluding ortho intramolecular Hbond substituents is 2. The van der Waals surface area contributed by atoms with Gasteiger partial charge in [0.25, 0.3) is 0 Å². The highest BCUT2D eigenvalue weighted by molar-refractivity contribution is 5.96. The topological polar surface area (TPSA) is 176 Å². The number of aliphatic hydroxyl groups is 2. The molecule has 0 aliphatic rings. The van der Waals surface area contributed by atoms with Gasteiger partial charge in [0.1, 0.15) is 11.5 Å². The van der Waals surface area contributed by atoms with E-state index in [2.05, 4.69) is 10.6 Å². The second kappa shape index (κ2) is 12.3. The Morgan fingerprint density at radius 2 is 1.24 bits per heavy atom. The number of aromatic carboxylic acids is 1. The van der Waals surface area contributed by atoms with Crippen LogP contribution in [-0.4, -0.2) is 69.6 Å². The zero-order valence-electron chi connectivity index (χ0n) is 13.2. The molecule has 0 aliphatic heterocycles. The zero-order valence-corrected chi connectivity index (χ0v) is 13.2. The number of carboxylic acids is 1. The summed E-state index contributed by atoms with van der Waals surface area (Å²) >= 11 is 0. The van der Waals surface area contributed by atoms with Crippen molar-refractivity contribution in [2.45, 2.75) is 0 Å². The molecule has 10 heteroatoms. The summed E-state index contributed by atoms with van der Waals surface area (Å²) < 4.78 is 0. The van der Waals surface area contributed by atoms with E-state index in [4.69, 9.17) is 25.5 Å². The number of carbonyl (C=O) groups excluding carboxylic acids is 2. The van der Waals surface area contributed by atoms with Crippen molar-refractivity contribution < 1.29 is 39.9 Å². The average Bonchev–Trinajstić information content (AvgIpc) is 2.55.